The SMILES string of the molecule is Cc1cc(C=O)cc(C)c1OCc1nnn(C)n1. The maximum atomic E-state index is 10.7. The minimum atomic E-state index is 0.260. The standard InChI is InChI=1S/C12H14N4O2/c1-8-4-10(6-17)5-9(2)12(8)18-7-11-13-15-16(3)14-11/h4-6H,7H2,1-3H3. The van der Waals surface area contributed by atoms with Gasteiger partial charge in [-0.15, -0.1) is 10.2 Å². The molecule has 1 aromatic heterocycles. The van der Waals surface area contributed by atoms with Crippen molar-refractivity contribution in [1.82, 2.24) is 20.2 Å². The second-order valence-corrected chi connectivity index (χ2v) is 4.09. The van der Waals surface area contributed by atoms with Crippen LogP contribution < -0.4 is 4.74 Å². The van der Waals surface area contributed by atoms with Crippen LogP contribution in [0.25, 0.3) is 0 Å². The third-order valence-electron chi connectivity index (χ3n) is 2.51. The highest BCUT2D eigenvalue weighted by Gasteiger charge is 2.08. The highest BCUT2D eigenvalue weighted by atomic mass is 16.5. The van der Waals surface area contributed by atoms with Crippen LogP contribution in [0.3, 0.4) is 0 Å². The smallest absolute Gasteiger partial charge is 0.212 e. The van der Waals surface area contributed by atoms with Crippen molar-refractivity contribution < 1.29 is 9.53 Å². The normalized spacial score (nSPS) is 10.4. The number of nitrogens with zero attached hydrogens (tertiary/aromatic N) is 4. The molecule has 0 saturated heterocycles. The Hall–Kier alpha value is -2.24. The summed E-state index contributed by atoms with van der Waals surface area (Å²) in [7, 11) is 1.70. The number of carbonyl (C=O) groups is 1. The maximum absolute atomic E-state index is 10.7. The lowest BCUT2D eigenvalue weighted by Gasteiger charge is -2.11. The number of ether oxygens (including phenoxy) is 1. The van der Waals surface area contributed by atoms with E-state index in [1.54, 1.807) is 19.2 Å². The fourth-order valence-corrected chi connectivity index (χ4v) is 1.80. The van der Waals surface area contributed by atoms with Crippen molar-refractivity contribution in [3.05, 3.63) is 34.6 Å². The molecule has 0 N–H and O–H groups in total. The van der Waals surface area contributed by atoms with E-state index in [1.165, 1.54) is 4.80 Å². The largest absolute Gasteiger partial charge is 0.485 e. The molecule has 2 rings (SSSR count). The summed E-state index contributed by atoms with van der Waals surface area (Å²) in [4.78, 5) is 12.1. The quantitative estimate of drug-likeness (QED) is 0.758. The van der Waals surface area contributed by atoms with E-state index in [1.807, 2.05) is 13.8 Å². The summed E-state index contributed by atoms with van der Waals surface area (Å²) < 4.78 is 5.67. The van der Waals surface area contributed by atoms with Crippen LogP contribution in [0.1, 0.15) is 27.3 Å². The highest BCUT2D eigenvalue weighted by Crippen LogP contribution is 2.24. The molecule has 1 heterocycles. The van der Waals surface area contributed by atoms with Crippen molar-refractivity contribution in [2.24, 2.45) is 7.05 Å². The maximum Gasteiger partial charge on any atom is 0.212 e. The molecule has 0 radical (unpaired) electrons. The van der Waals surface area contributed by atoms with Crippen molar-refractivity contribution >= 4 is 6.29 Å². The van der Waals surface area contributed by atoms with Crippen molar-refractivity contribution in [2.45, 2.75) is 20.5 Å². The van der Waals surface area contributed by atoms with Gasteiger partial charge >= 0.3 is 0 Å². The molecule has 6 nitrogen and oxygen atoms in total. The first kappa shape index (κ1) is 12.2. The van der Waals surface area contributed by atoms with Crippen LogP contribution in [0.2, 0.25) is 0 Å². The van der Waals surface area contributed by atoms with Gasteiger partial charge in [0.1, 0.15) is 12.0 Å². The lowest BCUT2D eigenvalue weighted by Crippen LogP contribution is -2.02. The molecule has 0 aliphatic rings. The summed E-state index contributed by atoms with van der Waals surface area (Å²) in [6.07, 6.45) is 0.827. The van der Waals surface area contributed by atoms with Crippen LogP contribution in [0.5, 0.6) is 5.75 Å². The molecular weight excluding hydrogens is 232 g/mol. The number of aromatic nitrogens is 4. The van der Waals surface area contributed by atoms with E-state index >= 15 is 0 Å². The molecule has 94 valence electrons. The Morgan fingerprint density at radius 3 is 2.50 bits per heavy atom. The molecule has 0 bridgehead atoms. The first-order chi connectivity index (χ1) is 8.60. The number of hydrogen-bond donors (Lipinski definition) is 0. The van der Waals surface area contributed by atoms with Crippen molar-refractivity contribution in [2.75, 3.05) is 0 Å². The van der Waals surface area contributed by atoms with E-state index in [-0.39, 0.29) is 6.61 Å². The molecule has 2 aromatic rings. The number of benzene rings is 1. The predicted molar refractivity (Wildman–Crippen MR) is 64.4 cm³/mol. The second kappa shape index (κ2) is 4.95. The molecule has 0 atom stereocenters. The Labute approximate surface area is 105 Å². The Balaban J connectivity index is 2.16. The van der Waals surface area contributed by atoms with E-state index in [0.29, 0.717) is 11.4 Å². The summed E-state index contributed by atoms with van der Waals surface area (Å²) in [6, 6.07) is 3.58. The Morgan fingerprint density at radius 2 is 2.00 bits per heavy atom. The van der Waals surface area contributed by atoms with E-state index in [0.717, 1.165) is 23.2 Å². The minimum absolute atomic E-state index is 0.260. The van der Waals surface area contributed by atoms with Crippen LogP contribution in [-0.2, 0) is 13.7 Å². The molecule has 0 aliphatic heterocycles. The Morgan fingerprint density at radius 1 is 1.33 bits per heavy atom. The fraction of sp³-hybridized carbons (Fsp3) is 0.333. The van der Waals surface area contributed by atoms with Gasteiger partial charge in [0.15, 0.2) is 6.61 Å². The summed E-state index contributed by atoms with van der Waals surface area (Å²) in [5.74, 6) is 1.28. The third kappa shape index (κ3) is 2.53. The third-order valence-corrected chi connectivity index (χ3v) is 2.51. The average Bonchev–Trinajstić information content (AvgIpc) is 2.73. The van der Waals surface area contributed by atoms with Crippen LogP contribution in [0.4, 0.5) is 0 Å². The lowest BCUT2D eigenvalue weighted by molar-refractivity contribution is 0.112. The van der Waals surface area contributed by atoms with E-state index < -0.39 is 0 Å². The Kier molecular flexibility index (Phi) is 3.36. The van der Waals surface area contributed by atoms with Crippen LogP contribution in [0.15, 0.2) is 12.1 Å². The number of aryl methyl sites for hydroxylation is 3. The molecule has 0 aliphatic carbocycles. The lowest BCUT2D eigenvalue weighted by atomic mass is 10.1. The molecule has 18 heavy (non-hydrogen) atoms. The second-order valence-electron chi connectivity index (χ2n) is 4.09. The van der Waals surface area contributed by atoms with Gasteiger partial charge in [-0.2, -0.15) is 4.80 Å². The van der Waals surface area contributed by atoms with Gasteiger partial charge in [-0.05, 0) is 42.3 Å². The predicted octanol–water partition coefficient (Wildman–Crippen LogP) is 1.22. The van der Waals surface area contributed by atoms with Gasteiger partial charge in [0.25, 0.3) is 0 Å². The van der Waals surface area contributed by atoms with Gasteiger partial charge in [-0.3, -0.25) is 4.79 Å². The molecule has 0 fully saturated rings. The number of hydrogen-bond acceptors (Lipinski definition) is 5. The van der Waals surface area contributed by atoms with Gasteiger partial charge < -0.3 is 4.74 Å². The first-order valence-electron chi connectivity index (χ1n) is 5.52. The van der Waals surface area contributed by atoms with Gasteiger partial charge in [-0.1, -0.05) is 0 Å². The topological polar surface area (TPSA) is 69.9 Å². The van der Waals surface area contributed by atoms with Crippen molar-refractivity contribution in [3.8, 4) is 5.75 Å². The van der Waals surface area contributed by atoms with E-state index in [9.17, 15) is 4.79 Å². The molecule has 0 amide bonds. The number of rotatable bonds is 4. The number of carbonyl (C=O) groups excluding carboxylic acids is 1. The van der Waals surface area contributed by atoms with Crippen LogP contribution in [-0.4, -0.2) is 26.5 Å². The fourth-order valence-electron chi connectivity index (χ4n) is 1.80. The molecular formula is C12H14N4O2. The van der Waals surface area contributed by atoms with Gasteiger partial charge in [0.2, 0.25) is 5.82 Å². The van der Waals surface area contributed by atoms with Crippen molar-refractivity contribution in [3.63, 3.8) is 0 Å². The highest BCUT2D eigenvalue weighted by molar-refractivity contribution is 5.76. The van der Waals surface area contributed by atoms with Gasteiger partial charge in [0.05, 0.1) is 7.05 Å². The molecule has 0 saturated carbocycles. The summed E-state index contributed by atoms with van der Waals surface area (Å²) in [5, 5.41) is 11.6. The van der Waals surface area contributed by atoms with Gasteiger partial charge in [-0.25, -0.2) is 0 Å². The van der Waals surface area contributed by atoms with Crippen molar-refractivity contribution in [1.29, 1.82) is 0 Å². The average molecular weight is 246 g/mol. The first-order valence-corrected chi connectivity index (χ1v) is 5.52. The zero-order valence-corrected chi connectivity index (χ0v) is 10.5. The summed E-state index contributed by atoms with van der Waals surface area (Å²) in [6.45, 7) is 4.06. The van der Waals surface area contributed by atoms with E-state index in [2.05, 4.69) is 15.4 Å². The van der Waals surface area contributed by atoms with Crippen LogP contribution in [0, 0.1) is 13.8 Å². The minimum Gasteiger partial charge on any atom is -0.485 e. The summed E-state index contributed by atoms with van der Waals surface area (Å²) in [5.41, 5.74) is 2.48. The molecule has 6 heteroatoms. The van der Waals surface area contributed by atoms with Gasteiger partial charge in [0, 0.05) is 5.56 Å². The molecule has 0 spiro atoms. The van der Waals surface area contributed by atoms with E-state index in [4.69, 9.17) is 4.74 Å². The summed E-state index contributed by atoms with van der Waals surface area (Å²) >= 11 is 0. The molecule has 0 unspecified atom stereocenters. The number of tetrazole rings is 1. The zero-order valence-electron chi connectivity index (χ0n) is 10.5. The monoisotopic (exact) mass is 246 g/mol. The zero-order chi connectivity index (χ0) is 13.1. The van der Waals surface area contributed by atoms with Crippen LogP contribution >= 0.6 is 0 Å². The molecule has 1 aromatic carbocycles. The number of aldehydes is 1. The Bertz CT molecular complexity index is 554.